The van der Waals surface area contributed by atoms with Gasteiger partial charge >= 0.3 is 6.18 Å². The van der Waals surface area contributed by atoms with Gasteiger partial charge in [0.2, 0.25) is 5.91 Å². The highest BCUT2D eigenvalue weighted by Crippen LogP contribution is 2.36. The summed E-state index contributed by atoms with van der Waals surface area (Å²) in [5.41, 5.74) is 2.02. The Morgan fingerprint density at radius 2 is 1.53 bits per heavy atom. The molecular formula is C27H26F3N3O. The van der Waals surface area contributed by atoms with Gasteiger partial charge in [0.25, 0.3) is 0 Å². The van der Waals surface area contributed by atoms with Crippen molar-refractivity contribution in [2.45, 2.75) is 12.7 Å². The Morgan fingerprint density at radius 3 is 2.18 bits per heavy atom. The number of benzene rings is 3. The highest BCUT2D eigenvalue weighted by molar-refractivity contribution is 6.04. The molecule has 0 saturated carbocycles. The molecule has 1 fully saturated rings. The van der Waals surface area contributed by atoms with Crippen LogP contribution in [0.1, 0.15) is 16.7 Å². The number of nitrogens with zero attached hydrogens (tertiary/aromatic N) is 2. The number of carbonyl (C=O) groups excluding carboxylic acids is 1. The van der Waals surface area contributed by atoms with Crippen molar-refractivity contribution >= 4 is 23.4 Å². The third kappa shape index (κ3) is 6.26. The molecule has 3 aromatic rings. The molecule has 0 spiro atoms. The molecular weight excluding hydrogens is 439 g/mol. The van der Waals surface area contributed by atoms with Crippen molar-refractivity contribution in [2.75, 3.05) is 36.4 Å². The minimum absolute atomic E-state index is 0.161. The van der Waals surface area contributed by atoms with Gasteiger partial charge in [-0.2, -0.15) is 13.2 Å². The molecule has 0 aliphatic carbocycles. The van der Waals surface area contributed by atoms with Crippen LogP contribution in [0.3, 0.4) is 0 Å². The number of halogens is 3. The molecule has 7 heteroatoms. The minimum atomic E-state index is -4.49. The van der Waals surface area contributed by atoms with Crippen LogP contribution in [0.2, 0.25) is 0 Å². The van der Waals surface area contributed by atoms with Crippen molar-refractivity contribution in [3.63, 3.8) is 0 Å². The largest absolute Gasteiger partial charge is 0.416 e. The van der Waals surface area contributed by atoms with Gasteiger partial charge in [-0.3, -0.25) is 9.69 Å². The van der Waals surface area contributed by atoms with E-state index in [1.54, 1.807) is 6.08 Å². The lowest BCUT2D eigenvalue weighted by Gasteiger charge is -2.37. The van der Waals surface area contributed by atoms with E-state index in [0.29, 0.717) is 18.8 Å². The van der Waals surface area contributed by atoms with E-state index < -0.39 is 17.6 Å². The molecule has 1 saturated heterocycles. The van der Waals surface area contributed by atoms with Gasteiger partial charge in [-0.1, -0.05) is 60.7 Å². The number of nitrogens with one attached hydrogen (secondary N) is 1. The van der Waals surface area contributed by atoms with Crippen molar-refractivity contribution in [3.8, 4) is 0 Å². The number of piperazine rings is 1. The molecule has 1 amide bonds. The van der Waals surface area contributed by atoms with Gasteiger partial charge in [0.1, 0.15) is 0 Å². The molecule has 176 valence electrons. The van der Waals surface area contributed by atoms with Crippen LogP contribution in [-0.2, 0) is 17.5 Å². The first-order valence-corrected chi connectivity index (χ1v) is 11.1. The Hall–Kier alpha value is -3.58. The van der Waals surface area contributed by atoms with Crippen LogP contribution in [0, 0.1) is 0 Å². The van der Waals surface area contributed by atoms with Gasteiger partial charge in [-0.15, -0.1) is 0 Å². The van der Waals surface area contributed by atoms with Crippen LogP contribution in [0.15, 0.2) is 84.9 Å². The molecule has 1 N–H and O–H groups in total. The van der Waals surface area contributed by atoms with Gasteiger partial charge in [0, 0.05) is 38.8 Å². The number of amides is 1. The molecule has 34 heavy (non-hydrogen) atoms. The lowest BCUT2D eigenvalue weighted by molar-refractivity contribution is -0.137. The van der Waals surface area contributed by atoms with Gasteiger partial charge in [0.05, 0.1) is 16.9 Å². The Bertz CT molecular complexity index is 1120. The summed E-state index contributed by atoms with van der Waals surface area (Å²) in [5.74, 6) is -0.479. The predicted molar refractivity (Wildman–Crippen MR) is 129 cm³/mol. The molecule has 0 radical (unpaired) electrons. The smallest absolute Gasteiger partial charge is 0.367 e. The number of alkyl halides is 3. The van der Waals surface area contributed by atoms with E-state index in [1.807, 2.05) is 53.4 Å². The van der Waals surface area contributed by atoms with Gasteiger partial charge in [0.15, 0.2) is 0 Å². The maximum atomic E-state index is 13.4. The number of rotatable bonds is 6. The van der Waals surface area contributed by atoms with Crippen molar-refractivity contribution in [1.82, 2.24) is 4.90 Å². The Labute approximate surface area is 197 Å². The predicted octanol–water partition coefficient (Wildman–Crippen LogP) is 5.68. The van der Waals surface area contributed by atoms with E-state index in [2.05, 4.69) is 22.3 Å². The second-order valence-electron chi connectivity index (χ2n) is 8.21. The molecule has 1 aliphatic heterocycles. The van der Waals surface area contributed by atoms with Crippen molar-refractivity contribution in [1.29, 1.82) is 0 Å². The lowest BCUT2D eigenvalue weighted by Crippen LogP contribution is -2.46. The summed E-state index contributed by atoms with van der Waals surface area (Å²) < 4.78 is 40.1. The quantitative estimate of drug-likeness (QED) is 0.476. The second-order valence-corrected chi connectivity index (χ2v) is 8.21. The zero-order valence-corrected chi connectivity index (χ0v) is 18.6. The third-order valence-electron chi connectivity index (χ3n) is 5.77. The first-order valence-electron chi connectivity index (χ1n) is 11.1. The number of hydrogen-bond acceptors (Lipinski definition) is 3. The van der Waals surface area contributed by atoms with E-state index in [0.717, 1.165) is 37.3 Å². The van der Waals surface area contributed by atoms with Crippen LogP contribution in [0.5, 0.6) is 0 Å². The Balaban J connectivity index is 1.48. The fraction of sp³-hybridized carbons (Fsp3) is 0.222. The summed E-state index contributed by atoms with van der Waals surface area (Å²) >= 11 is 0. The van der Waals surface area contributed by atoms with Crippen molar-refractivity contribution in [2.24, 2.45) is 0 Å². The first kappa shape index (κ1) is 23.6. The van der Waals surface area contributed by atoms with E-state index in [-0.39, 0.29) is 5.69 Å². The maximum Gasteiger partial charge on any atom is 0.416 e. The fourth-order valence-corrected chi connectivity index (χ4v) is 3.99. The topological polar surface area (TPSA) is 35.6 Å². The zero-order chi connectivity index (χ0) is 24.0. The summed E-state index contributed by atoms with van der Waals surface area (Å²) in [6.45, 7) is 3.69. The molecule has 0 atom stereocenters. The van der Waals surface area contributed by atoms with Gasteiger partial charge in [-0.25, -0.2) is 0 Å². The number of anilines is 2. The highest BCUT2D eigenvalue weighted by Gasteiger charge is 2.32. The summed E-state index contributed by atoms with van der Waals surface area (Å²) in [6, 6.07) is 22.9. The number of carbonyl (C=O) groups is 1. The van der Waals surface area contributed by atoms with E-state index in [4.69, 9.17) is 0 Å². The zero-order valence-electron chi connectivity index (χ0n) is 18.6. The molecule has 0 bridgehead atoms. The van der Waals surface area contributed by atoms with Gasteiger partial charge < -0.3 is 10.2 Å². The summed E-state index contributed by atoms with van der Waals surface area (Å²) in [7, 11) is 0. The van der Waals surface area contributed by atoms with Gasteiger partial charge in [-0.05, 0) is 35.4 Å². The minimum Gasteiger partial charge on any atom is -0.367 e. The third-order valence-corrected chi connectivity index (χ3v) is 5.77. The molecule has 4 nitrogen and oxygen atoms in total. The normalized spacial score (nSPS) is 15.0. The monoisotopic (exact) mass is 465 g/mol. The highest BCUT2D eigenvalue weighted by atomic mass is 19.4. The van der Waals surface area contributed by atoms with E-state index >= 15 is 0 Å². The molecule has 3 aromatic carbocycles. The van der Waals surface area contributed by atoms with Crippen LogP contribution in [0.25, 0.3) is 6.08 Å². The molecule has 0 aromatic heterocycles. The van der Waals surface area contributed by atoms with Crippen molar-refractivity contribution in [3.05, 3.63) is 102 Å². The van der Waals surface area contributed by atoms with Crippen LogP contribution in [0.4, 0.5) is 24.5 Å². The van der Waals surface area contributed by atoms with Crippen LogP contribution < -0.4 is 10.2 Å². The van der Waals surface area contributed by atoms with Crippen molar-refractivity contribution < 1.29 is 18.0 Å². The standard InChI is InChI=1S/C27H26F3N3O/c28-27(29,30)23-12-13-25(24(19-23)31-26(34)14-11-21-7-3-1-4-8-21)33-17-15-32(16-18-33)20-22-9-5-2-6-10-22/h1-14,19H,15-18,20H2,(H,31,34)/b14-11+. The molecule has 4 rings (SSSR count). The Kier molecular flexibility index (Phi) is 7.33. The average molecular weight is 466 g/mol. The SMILES string of the molecule is O=C(/C=C/c1ccccc1)Nc1cc(C(F)(F)F)ccc1N1CCN(Cc2ccccc2)CC1. The molecule has 0 unspecified atom stereocenters. The second kappa shape index (κ2) is 10.6. The summed E-state index contributed by atoms with van der Waals surface area (Å²) in [4.78, 5) is 16.9. The fourth-order valence-electron chi connectivity index (χ4n) is 3.99. The summed E-state index contributed by atoms with van der Waals surface area (Å²) in [5, 5.41) is 2.66. The number of hydrogen-bond donors (Lipinski definition) is 1. The summed E-state index contributed by atoms with van der Waals surface area (Å²) in [6.07, 6.45) is -1.53. The maximum absolute atomic E-state index is 13.4. The first-order chi connectivity index (χ1) is 16.4. The molecule has 1 aliphatic rings. The molecule has 1 heterocycles. The van der Waals surface area contributed by atoms with E-state index in [1.165, 1.54) is 17.7 Å². The van der Waals surface area contributed by atoms with Crippen LogP contribution in [-0.4, -0.2) is 37.0 Å². The Morgan fingerprint density at radius 1 is 0.882 bits per heavy atom. The van der Waals surface area contributed by atoms with E-state index in [9.17, 15) is 18.0 Å². The van der Waals surface area contributed by atoms with Crippen LogP contribution >= 0.6 is 0 Å². The average Bonchev–Trinajstić information content (AvgIpc) is 2.84. The lowest BCUT2D eigenvalue weighted by atomic mass is 10.1.